The van der Waals surface area contributed by atoms with Crippen molar-refractivity contribution in [3.05, 3.63) is 20.7 Å². The lowest BCUT2D eigenvalue weighted by Crippen LogP contribution is -2.11. The Balaban J connectivity index is 2.51. The van der Waals surface area contributed by atoms with E-state index in [1.807, 2.05) is 0 Å². The number of nitrogens with zero attached hydrogens (tertiary/aromatic N) is 1. The summed E-state index contributed by atoms with van der Waals surface area (Å²) in [4.78, 5) is 17.5. The van der Waals surface area contributed by atoms with Gasteiger partial charge in [0.15, 0.2) is 0 Å². The molecule has 1 heterocycles. The minimum Gasteiger partial charge on any atom is -0.387 e. The molecule has 13 heavy (non-hydrogen) atoms. The molecule has 0 fully saturated rings. The Kier molecular flexibility index (Phi) is 3.70. The second kappa shape index (κ2) is 4.81. The highest BCUT2D eigenvalue weighted by molar-refractivity contribution is 7.07. The summed E-state index contributed by atoms with van der Waals surface area (Å²) in [5.41, 5.74) is 6.43. The first-order chi connectivity index (χ1) is 6.22. The minimum absolute atomic E-state index is 0.0423. The first-order valence-corrected chi connectivity index (χ1v) is 5.06. The number of aromatic nitrogens is 1. The third kappa shape index (κ3) is 3.42. The number of amidine groups is 1. The fourth-order valence-electron chi connectivity index (χ4n) is 0.913. The van der Waals surface area contributed by atoms with Crippen LogP contribution in [0.2, 0.25) is 0 Å². The van der Waals surface area contributed by atoms with Crippen molar-refractivity contribution in [2.75, 3.05) is 0 Å². The SMILES string of the molecule is CCCC(N)=NCc1csc(=O)[nH]1. The summed E-state index contributed by atoms with van der Waals surface area (Å²) in [6.07, 6.45) is 1.81. The number of nitrogens with one attached hydrogen (secondary N) is 1. The van der Waals surface area contributed by atoms with E-state index in [4.69, 9.17) is 5.73 Å². The Morgan fingerprint density at radius 1 is 1.77 bits per heavy atom. The normalized spacial score (nSPS) is 11.9. The number of hydrogen-bond donors (Lipinski definition) is 2. The maximum Gasteiger partial charge on any atom is 0.304 e. The summed E-state index contributed by atoms with van der Waals surface area (Å²) in [5.74, 6) is 0.648. The highest BCUT2D eigenvalue weighted by atomic mass is 32.1. The average Bonchev–Trinajstić information content (AvgIpc) is 2.49. The van der Waals surface area contributed by atoms with Crippen LogP contribution in [0.4, 0.5) is 0 Å². The highest BCUT2D eigenvalue weighted by Crippen LogP contribution is 1.98. The van der Waals surface area contributed by atoms with E-state index in [2.05, 4.69) is 16.9 Å². The zero-order valence-electron chi connectivity index (χ0n) is 7.54. The van der Waals surface area contributed by atoms with Crippen molar-refractivity contribution in [3.63, 3.8) is 0 Å². The number of nitrogens with two attached hydrogens (primary N) is 1. The molecule has 0 aliphatic heterocycles. The van der Waals surface area contributed by atoms with Gasteiger partial charge in [-0.3, -0.25) is 9.79 Å². The van der Waals surface area contributed by atoms with Crippen LogP contribution in [0.5, 0.6) is 0 Å². The zero-order chi connectivity index (χ0) is 9.68. The molecule has 0 saturated carbocycles. The Hall–Kier alpha value is -1.10. The van der Waals surface area contributed by atoms with Crippen molar-refractivity contribution in [1.29, 1.82) is 0 Å². The monoisotopic (exact) mass is 199 g/mol. The van der Waals surface area contributed by atoms with Crippen LogP contribution in [0.1, 0.15) is 25.5 Å². The van der Waals surface area contributed by atoms with E-state index in [1.54, 1.807) is 5.38 Å². The van der Waals surface area contributed by atoms with Gasteiger partial charge in [0.05, 0.1) is 18.1 Å². The molecule has 4 nitrogen and oxygen atoms in total. The molecular formula is C8H13N3OS. The Labute approximate surface area is 80.5 Å². The molecule has 0 aliphatic carbocycles. The Bertz CT molecular complexity index is 339. The fraction of sp³-hybridized carbons (Fsp3) is 0.500. The number of hydrogen-bond acceptors (Lipinski definition) is 3. The molecule has 3 N–H and O–H groups in total. The van der Waals surface area contributed by atoms with E-state index < -0.39 is 0 Å². The maximum absolute atomic E-state index is 10.7. The van der Waals surface area contributed by atoms with E-state index >= 15 is 0 Å². The van der Waals surface area contributed by atoms with Crippen molar-refractivity contribution >= 4 is 17.2 Å². The molecule has 0 saturated heterocycles. The third-order valence-electron chi connectivity index (χ3n) is 1.53. The van der Waals surface area contributed by atoms with Crippen molar-refractivity contribution in [2.45, 2.75) is 26.3 Å². The molecular weight excluding hydrogens is 186 g/mol. The van der Waals surface area contributed by atoms with Crippen molar-refractivity contribution in [3.8, 4) is 0 Å². The van der Waals surface area contributed by atoms with Gasteiger partial charge in [-0.15, -0.1) is 0 Å². The molecule has 0 bridgehead atoms. The van der Waals surface area contributed by atoms with Crippen molar-refractivity contribution in [1.82, 2.24) is 4.98 Å². The summed E-state index contributed by atoms with van der Waals surface area (Å²) in [5, 5.41) is 1.77. The molecule has 1 aromatic heterocycles. The number of thiazole rings is 1. The third-order valence-corrected chi connectivity index (χ3v) is 2.25. The van der Waals surface area contributed by atoms with Gasteiger partial charge in [-0.25, -0.2) is 0 Å². The van der Waals surface area contributed by atoms with E-state index in [9.17, 15) is 4.79 Å². The maximum atomic E-state index is 10.7. The predicted molar refractivity (Wildman–Crippen MR) is 55.2 cm³/mol. The van der Waals surface area contributed by atoms with Gasteiger partial charge in [-0.05, 0) is 6.42 Å². The van der Waals surface area contributed by atoms with Crippen LogP contribution in [0.3, 0.4) is 0 Å². The second-order valence-corrected chi connectivity index (χ2v) is 3.57. The van der Waals surface area contributed by atoms with Crippen molar-refractivity contribution < 1.29 is 0 Å². The molecule has 0 aromatic carbocycles. The molecule has 0 unspecified atom stereocenters. The van der Waals surface area contributed by atoms with Gasteiger partial charge in [-0.1, -0.05) is 18.3 Å². The fourth-order valence-corrected chi connectivity index (χ4v) is 1.49. The number of aromatic amines is 1. The lowest BCUT2D eigenvalue weighted by Gasteiger charge is -1.95. The zero-order valence-corrected chi connectivity index (χ0v) is 8.36. The summed E-state index contributed by atoms with van der Waals surface area (Å²) in [7, 11) is 0. The summed E-state index contributed by atoms with van der Waals surface area (Å²) >= 11 is 1.15. The topological polar surface area (TPSA) is 71.2 Å². The van der Waals surface area contributed by atoms with Gasteiger partial charge in [0.25, 0.3) is 0 Å². The summed E-state index contributed by atoms with van der Waals surface area (Å²) < 4.78 is 0. The summed E-state index contributed by atoms with van der Waals surface area (Å²) in [6, 6.07) is 0. The lowest BCUT2D eigenvalue weighted by atomic mass is 10.3. The van der Waals surface area contributed by atoms with Gasteiger partial charge >= 0.3 is 4.87 Å². The number of H-pyrrole nitrogens is 1. The van der Waals surface area contributed by atoms with Crippen LogP contribution in [-0.4, -0.2) is 10.8 Å². The molecule has 0 spiro atoms. The van der Waals surface area contributed by atoms with Crippen LogP contribution in [-0.2, 0) is 6.54 Å². The molecule has 0 radical (unpaired) electrons. The van der Waals surface area contributed by atoms with Crippen LogP contribution in [0, 0.1) is 0 Å². The van der Waals surface area contributed by atoms with Crippen LogP contribution in [0.25, 0.3) is 0 Å². The second-order valence-electron chi connectivity index (χ2n) is 2.73. The van der Waals surface area contributed by atoms with Gasteiger partial charge < -0.3 is 10.7 Å². The molecule has 72 valence electrons. The smallest absolute Gasteiger partial charge is 0.304 e. The quantitative estimate of drug-likeness (QED) is 0.563. The van der Waals surface area contributed by atoms with E-state index in [-0.39, 0.29) is 4.87 Å². The molecule has 1 rings (SSSR count). The first kappa shape index (κ1) is 9.98. The summed E-state index contributed by atoms with van der Waals surface area (Å²) in [6.45, 7) is 2.53. The first-order valence-electron chi connectivity index (χ1n) is 4.18. The van der Waals surface area contributed by atoms with Gasteiger partial charge in [0.2, 0.25) is 0 Å². The molecule has 1 aromatic rings. The van der Waals surface area contributed by atoms with Gasteiger partial charge in [-0.2, -0.15) is 0 Å². The number of rotatable bonds is 4. The Morgan fingerprint density at radius 3 is 3.08 bits per heavy atom. The van der Waals surface area contributed by atoms with E-state index in [1.165, 1.54) is 0 Å². The van der Waals surface area contributed by atoms with E-state index in [0.717, 1.165) is 29.9 Å². The standard InChI is InChI=1S/C8H13N3OS/c1-2-3-7(9)10-4-6-5-13-8(12)11-6/h5H,2-4H2,1H3,(H2,9,10)(H,11,12). The predicted octanol–water partition coefficient (Wildman–Crippen LogP) is 1.09. The highest BCUT2D eigenvalue weighted by Gasteiger charge is 1.95. The van der Waals surface area contributed by atoms with E-state index in [0.29, 0.717) is 12.4 Å². The minimum atomic E-state index is -0.0423. The lowest BCUT2D eigenvalue weighted by molar-refractivity contribution is 0.938. The van der Waals surface area contributed by atoms with Crippen LogP contribution < -0.4 is 10.6 Å². The molecule has 0 aliphatic rings. The van der Waals surface area contributed by atoms with Gasteiger partial charge in [0.1, 0.15) is 0 Å². The average molecular weight is 199 g/mol. The molecule has 0 atom stereocenters. The molecule has 5 heteroatoms. The van der Waals surface area contributed by atoms with Crippen LogP contribution in [0.15, 0.2) is 15.2 Å². The van der Waals surface area contributed by atoms with Crippen LogP contribution >= 0.6 is 11.3 Å². The molecule has 0 amide bonds. The Morgan fingerprint density at radius 2 is 2.54 bits per heavy atom. The van der Waals surface area contributed by atoms with Gasteiger partial charge in [0, 0.05) is 11.8 Å². The largest absolute Gasteiger partial charge is 0.387 e. The number of aliphatic imine (C=N–C) groups is 1. The van der Waals surface area contributed by atoms with Crippen molar-refractivity contribution in [2.24, 2.45) is 10.7 Å².